The molecule has 3 rings (SSSR count). The third kappa shape index (κ3) is 4.23. The van der Waals surface area contributed by atoms with Crippen molar-refractivity contribution in [1.82, 2.24) is 34.9 Å². The van der Waals surface area contributed by atoms with Crippen LogP contribution in [0, 0.1) is 6.92 Å². The maximum absolute atomic E-state index is 12.2. The summed E-state index contributed by atoms with van der Waals surface area (Å²) < 4.78 is 1.80. The monoisotopic (exact) mass is 371 g/mol. The summed E-state index contributed by atoms with van der Waals surface area (Å²) in [4.78, 5) is 26.8. The van der Waals surface area contributed by atoms with Crippen molar-refractivity contribution in [3.63, 3.8) is 0 Å². The van der Waals surface area contributed by atoms with Crippen LogP contribution in [-0.4, -0.2) is 49.3 Å². The molecule has 3 aromatic rings. The van der Waals surface area contributed by atoms with Crippen LogP contribution in [-0.2, 0) is 20.0 Å². The van der Waals surface area contributed by atoms with Gasteiger partial charge in [0, 0.05) is 56.1 Å². The first-order chi connectivity index (χ1) is 12.5. The molecule has 0 saturated carbocycles. The molecule has 0 atom stereocenters. The van der Waals surface area contributed by atoms with Gasteiger partial charge >= 0.3 is 6.03 Å². The van der Waals surface area contributed by atoms with E-state index >= 15 is 0 Å². The Morgan fingerprint density at radius 1 is 1.35 bits per heavy atom. The summed E-state index contributed by atoms with van der Waals surface area (Å²) in [6, 6.07) is 1.66. The highest BCUT2D eigenvalue weighted by molar-refractivity contribution is 7.13. The second kappa shape index (κ2) is 8.05. The van der Waals surface area contributed by atoms with E-state index in [4.69, 9.17) is 0 Å². The third-order valence-corrected chi connectivity index (χ3v) is 4.94. The molecule has 0 fully saturated rings. The van der Waals surface area contributed by atoms with Crippen molar-refractivity contribution in [1.29, 1.82) is 0 Å². The number of hydrogen-bond donors (Lipinski definition) is 1. The van der Waals surface area contributed by atoms with E-state index in [1.165, 1.54) is 11.3 Å². The lowest BCUT2D eigenvalue weighted by atomic mass is 10.2. The molecule has 0 saturated heterocycles. The van der Waals surface area contributed by atoms with Crippen molar-refractivity contribution in [2.24, 2.45) is 7.05 Å². The van der Waals surface area contributed by atoms with Crippen LogP contribution in [0.15, 0.2) is 30.0 Å². The van der Waals surface area contributed by atoms with Crippen molar-refractivity contribution in [2.45, 2.75) is 19.9 Å². The van der Waals surface area contributed by atoms with Gasteiger partial charge in [0.2, 0.25) is 0 Å². The second-order valence-corrected chi connectivity index (χ2v) is 6.79. The van der Waals surface area contributed by atoms with E-state index in [-0.39, 0.29) is 6.03 Å². The Kier molecular flexibility index (Phi) is 5.57. The van der Waals surface area contributed by atoms with Gasteiger partial charge in [0.25, 0.3) is 0 Å². The van der Waals surface area contributed by atoms with Crippen molar-refractivity contribution in [2.75, 3.05) is 13.6 Å². The second-order valence-electron chi connectivity index (χ2n) is 5.93. The topological polar surface area (TPSA) is 88.8 Å². The van der Waals surface area contributed by atoms with Gasteiger partial charge in [-0.25, -0.2) is 19.7 Å². The van der Waals surface area contributed by atoms with Gasteiger partial charge < -0.3 is 10.2 Å². The first-order valence-electron chi connectivity index (χ1n) is 8.23. The van der Waals surface area contributed by atoms with Gasteiger partial charge in [-0.15, -0.1) is 11.3 Å². The molecular weight excluding hydrogens is 350 g/mol. The van der Waals surface area contributed by atoms with E-state index in [1.807, 2.05) is 19.4 Å². The van der Waals surface area contributed by atoms with Crippen molar-refractivity contribution >= 4 is 17.4 Å². The summed E-state index contributed by atoms with van der Waals surface area (Å²) in [5, 5.41) is 9.88. The molecule has 9 heteroatoms. The Morgan fingerprint density at radius 3 is 2.81 bits per heavy atom. The summed E-state index contributed by atoms with van der Waals surface area (Å²) in [6.45, 7) is 3.04. The summed E-state index contributed by atoms with van der Waals surface area (Å²) in [5.41, 5.74) is 3.02. The van der Waals surface area contributed by atoms with Crippen molar-refractivity contribution < 1.29 is 4.79 Å². The lowest BCUT2D eigenvalue weighted by Crippen LogP contribution is -2.37. The molecule has 3 heterocycles. The van der Waals surface area contributed by atoms with Crippen LogP contribution >= 0.6 is 11.3 Å². The van der Waals surface area contributed by atoms with Crippen molar-refractivity contribution in [3.05, 3.63) is 47.0 Å². The fourth-order valence-corrected chi connectivity index (χ4v) is 3.19. The minimum atomic E-state index is -0.116. The Morgan fingerprint density at radius 2 is 2.12 bits per heavy atom. The zero-order valence-corrected chi connectivity index (χ0v) is 15.8. The predicted octanol–water partition coefficient (Wildman–Crippen LogP) is 2.03. The zero-order valence-electron chi connectivity index (χ0n) is 15.0. The van der Waals surface area contributed by atoms with Crippen LogP contribution in [0.25, 0.3) is 10.8 Å². The number of aryl methyl sites for hydroxylation is 1. The fourth-order valence-electron chi connectivity index (χ4n) is 2.39. The summed E-state index contributed by atoms with van der Waals surface area (Å²) >= 11 is 1.50. The van der Waals surface area contributed by atoms with Crippen LogP contribution in [0.5, 0.6) is 0 Å². The molecule has 0 spiro atoms. The van der Waals surface area contributed by atoms with E-state index in [0.717, 1.165) is 22.0 Å². The number of hydrogen-bond acceptors (Lipinski definition) is 6. The number of carbonyl (C=O) groups is 1. The van der Waals surface area contributed by atoms with E-state index in [1.54, 1.807) is 41.3 Å². The summed E-state index contributed by atoms with van der Waals surface area (Å²) in [6.07, 6.45) is 5.85. The molecule has 0 aromatic carbocycles. The van der Waals surface area contributed by atoms with Crippen LogP contribution in [0.4, 0.5) is 4.79 Å². The lowest BCUT2D eigenvalue weighted by Gasteiger charge is -2.17. The molecule has 2 amide bonds. The fraction of sp³-hybridized carbons (Fsp3) is 0.353. The number of nitrogens with zero attached hydrogens (tertiary/aromatic N) is 6. The Hall–Kier alpha value is -2.81. The van der Waals surface area contributed by atoms with E-state index < -0.39 is 0 Å². The number of nitrogens with one attached hydrogen (secondary N) is 1. The van der Waals surface area contributed by atoms with Crippen LogP contribution < -0.4 is 5.32 Å². The average Bonchev–Trinajstić information content (AvgIpc) is 3.24. The molecule has 0 aliphatic rings. The van der Waals surface area contributed by atoms with Gasteiger partial charge in [-0.2, -0.15) is 5.10 Å². The van der Waals surface area contributed by atoms with E-state index in [2.05, 4.69) is 25.4 Å². The molecule has 0 aliphatic heterocycles. The van der Waals surface area contributed by atoms with Gasteiger partial charge in [0.1, 0.15) is 0 Å². The van der Waals surface area contributed by atoms with Crippen LogP contribution in [0.1, 0.15) is 17.0 Å². The standard InChI is InChI=1S/C17H21N7OS/c1-12-13(9-21-24(12)3)10-23(2)17(25)20-8-5-14-11-26-16(22-14)15-18-6-4-7-19-15/h4,6-7,9,11H,5,8,10H2,1-3H3,(H,20,25). The zero-order chi connectivity index (χ0) is 18.5. The molecule has 0 radical (unpaired) electrons. The number of urea groups is 1. The number of rotatable bonds is 6. The lowest BCUT2D eigenvalue weighted by molar-refractivity contribution is 0.207. The molecule has 0 bridgehead atoms. The largest absolute Gasteiger partial charge is 0.338 e. The predicted molar refractivity (Wildman–Crippen MR) is 99.7 cm³/mol. The molecule has 8 nitrogen and oxygen atoms in total. The third-order valence-electron chi connectivity index (χ3n) is 4.06. The molecule has 3 aromatic heterocycles. The van der Waals surface area contributed by atoms with Gasteiger partial charge in [-0.05, 0) is 13.0 Å². The SMILES string of the molecule is Cc1c(CN(C)C(=O)NCCc2csc(-c3ncccn3)n2)cnn1C. The van der Waals surface area contributed by atoms with Gasteiger partial charge in [-0.3, -0.25) is 4.68 Å². The highest BCUT2D eigenvalue weighted by Gasteiger charge is 2.12. The smallest absolute Gasteiger partial charge is 0.317 e. The Labute approximate surface area is 155 Å². The average molecular weight is 371 g/mol. The summed E-state index contributed by atoms with van der Waals surface area (Å²) in [7, 11) is 3.66. The van der Waals surface area contributed by atoms with Crippen molar-refractivity contribution in [3.8, 4) is 10.8 Å². The van der Waals surface area contributed by atoms with Gasteiger partial charge in [0.05, 0.1) is 18.4 Å². The molecule has 0 aliphatic carbocycles. The molecule has 136 valence electrons. The highest BCUT2D eigenvalue weighted by Crippen LogP contribution is 2.19. The Bertz CT molecular complexity index is 874. The van der Waals surface area contributed by atoms with Gasteiger partial charge in [-0.1, -0.05) is 0 Å². The van der Waals surface area contributed by atoms with E-state index in [0.29, 0.717) is 25.3 Å². The minimum Gasteiger partial charge on any atom is -0.338 e. The highest BCUT2D eigenvalue weighted by atomic mass is 32.1. The molecular formula is C17H21N7OS. The Balaban J connectivity index is 1.48. The first-order valence-corrected chi connectivity index (χ1v) is 9.11. The maximum atomic E-state index is 12.2. The number of aromatic nitrogens is 5. The molecule has 0 unspecified atom stereocenters. The number of thiazole rings is 1. The number of carbonyl (C=O) groups excluding carboxylic acids is 1. The van der Waals surface area contributed by atoms with Crippen LogP contribution in [0.2, 0.25) is 0 Å². The summed E-state index contributed by atoms with van der Waals surface area (Å²) in [5.74, 6) is 0.624. The first kappa shape index (κ1) is 18.0. The van der Waals surface area contributed by atoms with Gasteiger partial charge in [0.15, 0.2) is 10.8 Å². The number of amides is 2. The van der Waals surface area contributed by atoms with E-state index in [9.17, 15) is 4.79 Å². The normalized spacial score (nSPS) is 10.7. The maximum Gasteiger partial charge on any atom is 0.317 e. The molecule has 26 heavy (non-hydrogen) atoms. The quantitative estimate of drug-likeness (QED) is 0.716. The molecule has 1 N–H and O–H groups in total. The van der Waals surface area contributed by atoms with Crippen LogP contribution in [0.3, 0.4) is 0 Å². The minimum absolute atomic E-state index is 0.116.